The number of hydrogen-bond donors (Lipinski definition) is 1. The van der Waals surface area contributed by atoms with Crippen molar-refractivity contribution in [1.82, 2.24) is 9.38 Å². The van der Waals surface area contributed by atoms with Crippen LogP contribution in [0.25, 0.3) is 16.9 Å². The maximum absolute atomic E-state index is 12.6. The Labute approximate surface area is 179 Å². The number of benzene rings is 2. The number of nitrogens with zero attached hydrogens (tertiary/aromatic N) is 2. The van der Waals surface area contributed by atoms with E-state index in [2.05, 4.69) is 5.32 Å². The molecule has 4 rings (SSSR count). The molecule has 0 aliphatic carbocycles. The minimum absolute atomic E-state index is 0.136. The van der Waals surface area contributed by atoms with Crippen LogP contribution in [0.4, 0.5) is 5.82 Å². The number of carbonyl (C=O) groups excluding carboxylic acids is 1. The highest BCUT2D eigenvalue weighted by Crippen LogP contribution is 2.30. The number of amides is 1. The Hall–Kier alpha value is -3.51. The fourth-order valence-electron chi connectivity index (χ4n) is 3.07. The first kappa shape index (κ1) is 19.8. The molecule has 2 aromatic heterocycles. The summed E-state index contributed by atoms with van der Waals surface area (Å²) in [5.74, 6) is 1.62. The number of anilines is 1. The highest BCUT2D eigenvalue weighted by Gasteiger charge is 2.17. The molecule has 0 aliphatic heterocycles. The van der Waals surface area contributed by atoms with Crippen molar-refractivity contribution >= 4 is 29.0 Å². The third-order valence-corrected chi connectivity index (χ3v) is 4.82. The van der Waals surface area contributed by atoms with E-state index in [1.54, 1.807) is 31.4 Å². The van der Waals surface area contributed by atoms with Crippen molar-refractivity contribution in [1.29, 1.82) is 0 Å². The van der Waals surface area contributed by atoms with Gasteiger partial charge in [0.25, 0.3) is 5.91 Å². The van der Waals surface area contributed by atoms with E-state index in [9.17, 15) is 4.79 Å². The first-order valence-corrected chi connectivity index (χ1v) is 9.72. The minimum Gasteiger partial charge on any atom is -0.497 e. The standard InChI is InChI=1S/C23H20ClN3O3/c1-15-3-12-20-25-22(16-4-8-18(29-2)9-5-16)23(27(20)13-15)26-21(28)14-30-19-10-6-17(24)7-11-19/h3-13H,14H2,1-2H3,(H,26,28). The highest BCUT2D eigenvalue weighted by atomic mass is 35.5. The van der Waals surface area contributed by atoms with Crippen LogP contribution in [0, 0.1) is 6.92 Å². The summed E-state index contributed by atoms with van der Waals surface area (Å²) in [6, 6.07) is 18.3. The molecule has 0 aliphatic rings. The number of methoxy groups -OCH3 is 1. The number of pyridine rings is 1. The zero-order valence-electron chi connectivity index (χ0n) is 16.6. The molecule has 1 N–H and O–H groups in total. The maximum atomic E-state index is 12.6. The quantitative estimate of drug-likeness (QED) is 0.476. The van der Waals surface area contributed by atoms with Gasteiger partial charge in [-0.3, -0.25) is 9.20 Å². The third-order valence-electron chi connectivity index (χ3n) is 4.57. The van der Waals surface area contributed by atoms with Gasteiger partial charge in [0.15, 0.2) is 6.61 Å². The lowest BCUT2D eigenvalue weighted by Gasteiger charge is -2.10. The number of imidazole rings is 1. The third kappa shape index (κ3) is 4.23. The van der Waals surface area contributed by atoms with Gasteiger partial charge in [-0.1, -0.05) is 17.7 Å². The van der Waals surface area contributed by atoms with Crippen LogP contribution in [0.15, 0.2) is 66.9 Å². The van der Waals surface area contributed by atoms with Crippen LogP contribution in [0.2, 0.25) is 5.02 Å². The van der Waals surface area contributed by atoms with E-state index in [-0.39, 0.29) is 12.5 Å². The number of ether oxygens (including phenoxy) is 2. The van der Waals surface area contributed by atoms with Crippen molar-refractivity contribution in [2.75, 3.05) is 19.0 Å². The van der Waals surface area contributed by atoms with Gasteiger partial charge in [-0.25, -0.2) is 4.98 Å². The molecule has 0 saturated heterocycles. The van der Waals surface area contributed by atoms with E-state index in [1.165, 1.54) is 0 Å². The molecule has 2 heterocycles. The summed E-state index contributed by atoms with van der Waals surface area (Å²) >= 11 is 5.88. The van der Waals surface area contributed by atoms with Crippen LogP contribution in [0.3, 0.4) is 0 Å². The van der Waals surface area contributed by atoms with Crippen LogP contribution in [-0.4, -0.2) is 29.0 Å². The Morgan fingerprint density at radius 1 is 1.03 bits per heavy atom. The summed E-state index contributed by atoms with van der Waals surface area (Å²) in [7, 11) is 1.62. The second-order valence-corrected chi connectivity index (χ2v) is 7.20. The lowest BCUT2D eigenvalue weighted by molar-refractivity contribution is -0.118. The largest absolute Gasteiger partial charge is 0.497 e. The van der Waals surface area contributed by atoms with Crippen molar-refractivity contribution in [3.05, 3.63) is 77.4 Å². The van der Waals surface area contributed by atoms with E-state index < -0.39 is 0 Å². The van der Waals surface area contributed by atoms with Crippen LogP contribution in [0.5, 0.6) is 11.5 Å². The molecular formula is C23H20ClN3O3. The molecule has 0 bridgehead atoms. The monoisotopic (exact) mass is 421 g/mol. The Morgan fingerprint density at radius 3 is 2.43 bits per heavy atom. The molecule has 0 spiro atoms. The molecule has 7 heteroatoms. The van der Waals surface area contributed by atoms with Gasteiger partial charge in [0.05, 0.1) is 7.11 Å². The van der Waals surface area contributed by atoms with Crippen LogP contribution in [-0.2, 0) is 4.79 Å². The van der Waals surface area contributed by atoms with Crippen molar-refractivity contribution in [2.24, 2.45) is 0 Å². The zero-order valence-corrected chi connectivity index (χ0v) is 17.3. The number of hydrogen-bond acceptors (Lipinski definition) is 4. The fraction of sp³-hybridized carbons (Fsp3) is 0.130. The van der Waals surface area contributed by atoms with Crippen LogP contribution >= 0.6 is 11.6 Å². The van der Waals surface area contributed by atoms with Gasteiger partial charge in [0.2, 0.25) is 0 Å². The molecule has 1 amide bonds. The number of aromatic nitrogens is 2. The summed E-state index contributed by atoms with van der Waals surface area (Å²) in [6.45, 7) is 1.85. The van der Waals surface area contributed by atoms with Crippen molar-refractivity contribution in [3.8, 4) is 22.8 Å². The summed E-state index contributed by atoms with van der Waals surface area (Å²) < 4.78 is 12.7. The summed E-state index contributed by atoms with van der Waals surface area (Å²) in [5, 5.41) is 3.56. The molecule has 152 valence electrons. The van der Waals surface area contributed by atoms with Crippen LogP contribution < -0.4 is 14.8 Å². The number of carbonyl (C=O) groups is 1. The average molecular weight is 422 g/mol. The van der Waals surface area contributed by atoms with Crippen molar-refractivity contribution in [2.45, 2.75) is 6.92 Å². The molecule has 0 saturated carbocycles. The van der Waals surface area contributed by atoms with Gasteiger partial charge in [-0.2, -0.15) is 0 Å². The smallest absolute Gasteiger partial charge is 0.263 e. The van der Waals surface area contributed by atoms with Gasteiger partial charge >= 0.3 is 0 Å². The fourth-order valence-corrected chi connectivity index (χ4v) is 3.19. The lowest BCUT2D eigenvalue weighted by atomic mass is 10.1. The Balaban J connectivity index is 1.62. The molecule has 0 radical (unpaired) electrons. The van der Waals surface area contributed by atoms with E-state index >= 15 is 0 Å². The van der Waals surface area contributed by atoms with Crippen molar-refractivity contribution in [3.63, 3.8) is 0 Å². The molecule has 0 fully saturated rings. The Morgan fingerprint density at radius 2 is 1.73 bits per heavy atom. The molecule has 30 heavy (non-hydrogen) atoms. The topological polar surface area (TPSA) is 64.9 Å². The van der Waals surface area contributed by atoms with Gasteiger partial charge < -0.3 is 14.8 Å². The summed E-state index contributed by atoms with van der Waals surface area (Å²) in [6.07, 6.45) is 1.94. The Kier molecular flexibility index (Phi) is 5.59. The normalized spacial score (nSPS) is 10.8. The van der Waals surface area contributed by atoms with Gasteiger partial charge in [-0.15, -0.1) is 0 Å². The predicted octanol–water partition coefficient (Wildman–Crippen LogP) is 4.99. The molecule has 0 atom stereocenters. The minimum atomic E-state index is -0.289. The second-order valence-electron chi connectivity index (χ2n) is 6.76. The van der Waals surface area contributed by atoms with Gasteiger partial charge in [0, 0.05) is 16.8 Å². The molecule has 6 nitrogen and oxygen atoms in total. The number of fused-ring (bicyclic) bond motifs is 1. The Bertz CT molecular complexity index is 1190. The first-order valence-electron chi connectivity index (χ1n) is 9.35. The summed E-state index contributed by atoms with van der Waals surface area (Å²) in [5.41, 5.74) is 3.32. The van der Waals surface area contributed by atoms with Gasteiger partial charge in [-0.05, 0) is 67.1 Å². The summed E-state index contributed by atoms with van der Waals surface area (Å²) in [4.78, 5) is 17.4. The number of rotatable bonds is 6. The van der Waals surface area contributed by atoms with Crippen molar-refractivity contribution < 1.29 is 14.3 Å². The van der Waals surface area contributed by atoms with E-state index in [1.807, 2.05) is 53.9 Å². The lowest BCUT2D eigenvalue weighted by Crippen LogP contribution is -2.21. The molecule has 0 unspecified atom stereocenters. The van der Waals surface area contributed by atoms with Gasteiger partial charge in [0.1, 0.15) is 28.7 Å². The average Bonchev–Trinajstić information content (AvgIpc) is 3.11. The number of nitrogens with one attached hydrogen (secondary N) is 1. The van der Waals surface area contributed by atoms with Crippen LogP contribution in [0.1, 0.15) is 5.56 Å². The molecule has 4 aromatic rings. The number of aryl methyl sites for hydroxylation is 1. The second kappa shape index (κ2) is 8.47. The van der Waals surface area contributed by atoms with E-state index in [0.717, 1.165) is 22.5 Å². The van der Waals surface area contributed by atoms with E-state index in [4.69, 9.17) is 26.1 Å². The highest BCUT2D eigenvalue weighted by molar-refractivity contribution is 6.30. The number of halogens is 1. The van der Waals surface area contributed by atoms with E-state index in [0.29, 0.717) is 22.3 Å². The molecule has 2 aromatic carbocycles. The first-order chi connectivity index (χ1) is 14.5. The zero-order chi connectivity index (χ0) is 21.1. The molecular weight excluding hydrogens is 402 g/mol. The predicted molar refractivity (Wildman–Crippen MR) is 117 cm³/mol. The maximum Gasteiger partial charge on any atom is 0.263 e. The SMILES string of the molecule is COc1ccc(-c2nc3ccc(C)cn3c2NC(=O)COc2ccc(Cl)cc2)cc1.